The van der Waals surface area contributed by atoms with Gasteiger partial charge >= 0.3 is 6.18 Å². The van der Waals surface area contributed by atoms with Gasteiger partial charge in [0.25, 0.3) is 0 Å². The molecule has 0 bridgehead atoms. The lowest BCUT2D eigenvalue weighted by Crippen LogP contribution is -2.34. The number of hydrogen-bond acceptors (Lipinski definition) is 4. The first-order valence-electron chi connectivity index (χ1n) is 5.49. The lowest BCUT2D eigenvalue weighted by atomic mass is 10.1. The summed E-state index contributed by atoms with van der Waals surface area (Å²) < 4.78 is 46.2. The van der Waals surface area contributed by atoms with Crippen LogP contribution in [0.25, 0.3) is 0 Å². The molecule has 1 unspecified atom stereocenters. The summed E-state index contributed by atoms with van der Waals surface area (Å²) in [6, 6.07) is 4.34. The first-order valence-corrected chi connectivity index (χ1v) is 5.49. The Morgan fingerprint density at radius 2 is 1.84 bits per heavy atom. The minimum Gasteiger partial charge on any atom is -0.493 e. The monoisotopic (exact) mass is 280 g/mol. The van der Waals surface area contributed by atoms with E-state index in [0.29, 0.717) is 5.56 Å². The van der Waals surface area contributed by atoms with Crippen molar-refractivity contribution in [3.8, 4) is 11.5 Å². The Balaban J connectivity index is 2.79. The third-order valence-corrected chi connectivity index (χ3v) is 2.44. The Kier molecular flexibility index (Phi) is 5.02. The Labute approximate surface area is 108 Å². The van der Waals surface area contributed by atoms with Crippen molar-refractivity contribution in [2.45, 2.75) is 25.3 Å². The summed E-state index contributed by atoms with van der Waals surface area (Å²) in [5.41, 5.74) is 0.542. The fourth-order valence-corrected chi connectivity index (χ4v) is 1.33. The van der Waals surface area contributed by atoms with Crippen LogP contribution >= 0.6 is 0 Å². The van der Waals surface area contributed by atoms with E-state index in [1.54, 1.807) is 6.92 Å². The number of ether oxygens (including phenoxy) is 2. The zero-order valence-corrected chi connectivity index (χ0v) is 10.4. The maximum absolute atomic E-state index is 12.1. The van der Waals surface area contributed by atoms with Gasteiger partial charge in [-0.2, -0.15) is 13.2 Å². The van der Waals surface area contributed by atoms with Crippen molar-refractivity contribution in [1.29, 1.82) is 0 Å². The van der Waals surface area contributed by atoms with Crippen LogP contribution in [0.1, 0.15) is 18.6 Å². The van der Waals surface area contributed by atoms with Crippen molar-refractivity contribution in [2.75, 3.05) is 13.7 Å². The quantitative estimate of drug-likeness (QED) is 0.866. The number of benzene rings is 1. The van der Waals surface area contributed by atoms with Crippen LogP contribution in [0.3, 0.4) is 0 Å². The molecule has 19 heavy (non-hydrogen) atoms. The molecule has 0 aliphatic carbocycles. The predicted molar refractivity (Wildman–Crippen MR) is 61.2 cm³/mol. The summed E-state index contributed by atoms with van der Waals surface area (Å²) in [5, 5.41) is 18.2. The molecule has 0 saturated carbocycles. The molecule has 108 valence electrons. The number of methoxy groups -OCH3 is 1. The summed E-state index contributed by atoms with van der Waals surface area (Å²) >= 11 is 0. The molecule has 0 aliphatic rings. The standard InChI is InChI=1S/C12H15F3O4/c1-7(16)8-3-4-9(10(5-8)18-2)19-6-11(17)12(13,14)15/h3-5,7,11,16-17H,6H2,1-2H3/t7-,11?/m0/s1. The summed E-state index contributed by atoms with van der Waals surface area (Å²) in [7, 11) is 1.33. The molecule has 0 amide bonds. The average Bonchev–Trinajstić information content (AvgIpc) is 2.34. The predicted octanol–water partition coefficient (Wildman–Crippen LogP) is 2.05. The minimum atomic E-state index is -4.73. The lowest BCUT2D eigenvalue weighted by Gasteiger charge is -2.17. The van der Waals surface area contributed by atoms with Crippen molar-refractivity contribution < 1.29 is 32.9 Å². The average molecular weight is 280 g/mol. The third-order valence-electron chi connectivity index (χ3n) is 2.44. The van der Waals surface area contributed by atoms with Crippen LogP contribution in [0.2, 0.25) is 0 Å². The molecule has 2 atom stereocenters. The highest BCUT2D eigenvalue weighted by Crippen LogP contribution is 2.31. The highest BCUT2D eigenvalue weighted by molar-refractivity contribution is 5.43. The van der Waals surface area contributed by atoms with Crippen LogP contribution in [0.5, 0.6) is 11.5 Å². The summed E-state index contributed by atoms with van der Waals surface area (Å²) in [6.07, 6.45) is -8.02. The fraction of sp³-hybridized carbons (Fsp3) is 0.500. The second-order valence-electron chi connectivity index (χ2n) is 3.95. The number of hydrogen-bond donors (Lipinski definition) is 2. The van der Waals surface area contributed by atoms with Crippen molar-refractivity contribution >= 4 is 0 Å². The molecular weight excluding hydrogens is 265 g/mol. The first kappa shape index (κ1) is 15.6. The van der Waals surface area contributed by atoms with Crippen LogP contribution in [0.15, 0.2) is 18.2 Å². The van der Waals surface area contributed by atoms with Gasteiger partial charge in [-0.05, 0) is 24.6 Å². The molecule has 0 fully saturated rings. The van der Waals surface area contributed by atoms with Crippen LogP contribution in [0.4, 0.5) is 13.2 Å². The third kappa shape index (κ3) is 4.29. The van der Waals surface area contributed by atoms with Gasteiger partial charge < -0.3 is 19.7 Å². The topological polar surface area (TPSA) is 58.9 Å². The summed E-state index contributed by atoms with van der Waals surface area (Å²) in [5.74, 6) is 0.253. The van der Waals surface area contributed by atoms with E-state index < -0.39 is 25.0 Å². The van der Waals surface area contributed by atoms with Crippen molar-refractivity contribution in [3.63, 3.8) is 0 Å². The smallest absolute Gasteiger partial charge is 0.417 e. The van der Waals surface area contributed by atoms with Gasteiger partial charge in [0, 0.05) is 0 Å². The molecule has 1 rings (SSSR count). The van der Waals surface area contributed by atoms with E-state index in [2.05, 4.69) is 0 Å². The maximum atomic E-state index is 12.1. The minimum absolute atomic E-state index is 0.0650. The zero-order valence-electron chi connectivity index (χ0n) is 10.4. The molecular formula is C12H15F3O4. The van der Waals surface area contributed by atoms with Gasteiger partial charge in [0.2, 0.25) is 0 Å². The lowest BCUT2D eigenvalue weighted by molar-refractivity contribution is -0.210. The second kappa shape index (κ2) is 6.12. The molecule has 0 spiro atoms. The summed E-state index contributed by atoms with van der Waals surface area (Å²) in [4.78, 5) is 0. The van der Waals surface area contributed by atoms with Gasteiger partial charge in [0.15, 0.2) is 17.6 Å². The summed E-state index contributed by atoms with van der Waals surface area (Å²) in [6.45, 7) is 0.622. The second-order valence-corrected chi connectivity index (χ2v) is 3.95. The van der Waals surface area contributed by atoms with Crippen LogP contribution < -0.4 is 9.47 Å². The number of alkyl halides is 3. The number of rotatable bonds is 5. The van der Waals surface area contributed by atoms with Crippen molar-refractivity contribution in [1.82, 2.24) is 0 Å². The Morgan fingerprint density at radius 3 is 2.32 bits per heavy atom. The van der Waals surface area contributed by atoms with Gasteiger partial charge in [0.05, 0.1) is 13.2 Å². The molecule has 2 N–H and O–H groups in total. The van der Waals surface area contributed by atoms with Crippen molar-refractivity contribution in [3.05, 3.63) is 23.8 Å². The van der Waals surface area contributed by atoms with Crippen LogP contribution in [-0.2, 0) is 0 Å². The van der Waals surface area contributed by atoms with Crippen LogP contribution in [0, 0.1) is 0 Å². The zero-order chi connectivity index (χ0) is 14.6. The van der Waals surface area contributed by atoms with Crippen LogP contribution in [-0.4, -0.2) is 36.2 Å². The largest absolute Gasteiger partial charge is 0.493 e. The molecule has 1 aromatic rings. The normalized spacial score (nSPS) is 14.9. The van der Waals surface area contributed by atoms with E-state index in [9.17, 15) is 18.3 Å². The van der Waals surface area contributed by atoms with Gasteiger partial charge in [-0.1, -0.05) is 6.07 Å². The Hall–Kier alpha value is -1.47. The molecule has 0 radical (unpaired) electrons. The van der Waals surface area contributed by atoms with Gasteiger partial charge in [0.1, 0.15) is 6.61 Å². The molecule has 0 aromatic heterocycles. The highest BCUT2D eigenvalue weighted by Gasteiger charge is 2.38. The van der Waals surface area contributed by atoms with Gasteiger partial charge in [-0.15, -0.1) is 0 Å². The SMILES string of the molecule is COc1cc([C@H](C)O)ccc1OCC(O)C(F)(F)F. The first-order chi connectivity index (χ1) is 8.75. The Morgan fingerprint density at radius 1 is 1.21 bits per heavy atom. The van der Waals surface area contributed by atoms with E-state index in [4.69, 9.17) is 14.6 Å². The maximum Gasteiger partial charge on any atom is 0.417 e. The molecule has 7 heteroatoms. The molecule has 0 heterocycles. The molecule has 1 aromatic carbocycles. The van der Waals surface area contributed by atoms with E-state index in [-0.39, 0.29) is 11.5 Å². The molecule has 0 aliphatic heterocycles. The van der Waals surface area contributed by atoms with E-state index in [1.807, 2.05) is 0 Å². The van der Waals surface area contributed by atoms with Crippen molar-refractivity contribution in [2.24, 2.45) is 0 Å². The Bertz CT molecular complexity index is 418. The molecule has 0 saturated heterocycles. The number of halogens is 3. The fourth-order valence-electron chi connectivity index (χ4n) is 1.33. The van der Waals surface area contributed by atoms with E-state index in [1.165, 1.54) is 25.3 Å². The highest BCUT2D eigenvalue weighted by atomic mass is 19.4. The van der Waals surface area contributed by atoms with Gasteiger partial charge in [-0.3, -0.25) is 0 Å². The number of aliphatic hydroxyl groups is 2. The molecule has 4 nitrogen and oxygen atoms in total. The van der Waals surface area contributed by atoms with Gasteiger partial charge in [-0.25, -0.2) is 0 Å². The van der Waals surface area contributed by atoms with E-state index in [0.717, 1.165) is 0 Å². The number of aliphatic hydroxyl groups excluding tert-OH is 2. The van der Waals surface area contributed by atoms with E-state index >= 15 is 0 Å².